The molecule has 0 amide bonds. The third-order valence-corrected chi connectivity index (χ3v) is 3.67. The maximum atomic E-state index is 13.9. The van der Waals surface area contributed by atoms with E-state index in [9.17, 15) is 4.39 Å². The molecule has 0 radical (unpaired) electrons. The van der Waals surface area contributed by atoms with Crippen LogP contribution in [0.4, 0.5) is 4.39 Å². The average Bonchev–Trinajstić information content (AvgIpc) is 2.78. The Morgan fingerprint density at radius 2 is 2.05 bits per heavy atom. The first-order valence-electron chi connectivity index (χ1n) is 5.88. The third kappa shape index (κ3) is 3.72. The molecule has 0 aliphatic heterocycles. The summed E-state index contributed by atoms with van der Waals surface area (Å²) in [5.41, 5.74) is 0.402. The molecular formula is C13H15ClFN3S. The molecule has 1 aromatic carbocycles. The zero-order chi connectivity index (χ0) is 14.0. The first-order valence-corrected chi connectivity index (χ1v) is 7.08. The van der Waals surface area contributed by atoms with E-state index >= 15 is 0 Å². The van der Waals surface area contributed by atoms with E-state index in [4.69, 9.17) is 11.6 Å². The van der Waals surface area contributed by atoms with Crippen molar-refractivity contribution in [1.29, 1.82) is 0 Å². The van der Waals surface area contributed by atoms with Gasteiger partial charge in [-0.1, -0.05) is 29.0 Å². The van der Waals surface area contributed by atoms with Crippen LogP contribution in [0.1, 0.15) is 25.8 Å². The van der Waals surface area contributed by atoms with Crippen LogP contribution in [0.3, 0.4) is 0 Å². The normalized spacial score (nSPS) is 11.8. The third-order valence-electron chi connectivity index (χ3n) is 2.42. The van der Waals surface area contributed by atoms with Crippen molar-refractivity contribution in [2.24, 2.45) is 0 Å². The lowest BCUT2D eigenvalue weighted by molar-refractivity contribution is 0.423. The molecule has 0 fully saturated rings. The molecule has 0 atom stereocenters. The van der Waals surface area contributed by atoms with Gasteiger partial charge < -0.3 is 5.32 Å². The van der Waals surface area contributed by atoms with E-state index < -0.39 is 5.82 Å². The van der Waals surface area contributed by atoms with Crippen molar-refractivity contribution in [2.45, 2.75) is 32.9 Å². The van der Waals surface area contributed by atoms with Gasteiger partial charge in [0.05, 0.1) is 11.6 Å². The smallest absolute Gasteiger partial charge is 0.152 e. The molecule has 1 aromatic heterocycles. The van der Waals surface area contributed by atoms with Crippen molar-refractivity contribution in [3.05, 3.63) is 34.0 Å². The molecule has 1 heterocycles. The Balaban J connectivity index is 2.19. The zero-order valence-electron chi connectivity index (χ0n) is 11.0. The van der Waals surface area contributed by atoms with Crippen molar-refractivity contribution in [3.8, 4) is 10.6 Å². The standard InChI is InChI=1S/C13H15ClFN3S/c1-13(2,3)16-7-10-17-18-12(19-10)8-5-4-6-9(14)11(8)15/h4-6,16H,7H2,1-3H3. The molecule has 2 rings (SSSR count). The molecule has 0 aliphatic rings. The minimum Gasteiger partial charge on any atom is -0.306 e. The first-order chi connectivity index (χ1) is 8.87. The van der Waals surface area contributed by atoms with Crippen LogP contribution in [0.5, 0.6) is 0 Å². The van der Waals surface area contributed by atoms with Crippen LogP contribution >= 0.6 is 22.9 Å². The molecule has 0 aliphatic carbocycles. The van der Waals surface area contributed by atoms with Crippen LogP contribution in [0, 0.1) is 5.82 Å². The van der Waals surface area contributed by atoms with E-state index in [0.717, 1.165) is 5.01 Å². The molecule has 0 saturated heterocycles. The first kappa shape index (κ1) is 14.4. The molecule has 3 nitrogen and oxygen atoms in total. The van der Waals surface area contributed by atoms with Gasteiger partial charge in [-0.25, -0.2) is 4.39 Å². The fraction of sp³-hybridized carbons (Fsp3) is 0.385. The summed E-state index contributed by atoms with van der Waals surface area (Å²) in [4.78, 5) is 0. The Morgan fingerprint density at radius 3 is 2.74 bits per heavy atom. The number of nitrogens with one attached hydrogen (secondary N) is 1. The molecule has 6 heteroatoms. The molecule has 19 heavy (non-hydrogen) atoms. The van der Waals surface area contributed by atoms with Crippen molar-refractivity contribution in [1.82, 2.24) is 15.5 Å². The Morgan fingerprint density at radius 1 is 1.32 bits per heavy atom. The highest BCUT2D eigenvalue weighted by atomic mass is 35.5. The molecular weight excluding hydrogens is 285 g/mol. The van der Waals surface area contributed by atoms with Crippen molar-refractivity contribution in [3.63, 3.8) is 0 Å². The lowest BCUT2D eigenvalue weighted by Crippen LogP contribution is -2.35. The zero-order valence-corrected chi connectivity index (χ0v) is 12.6. The summed E-state index contributed by atoms with van der Waals surface area (Å²) in [6, 6.07) is 4.88. The predicted molar refractivity (Wildman–Crippen MR) is 76.9 cm³/mol. The van der Waals surface area contributed by atoms with E-state index in [2.05, 4.69) is 36.3 Å². The Hall–Kier alpha value is -1.04. The number of nitrogens with zero attached hydrogens (tertiary/aromatic N) is 2. The van der Waals surface area contributed by atoms with Gasteiger partial charge in [0.25, 0.3) is 0 Å². The van der Waals surface area contributed by atoms with Gasteiger partial charge in [-0.05, 0) is 32.9 Å². The molecule has 1 N–H and O–H groups in total. The SMILES string of the molecule is CC(C)(C)NCc1nnc(-c2cccc(Cl)c2F)s1. The highest BCUT2D eigenvalue weighted by Gasteiger charge is 2.15. The summed E-state index contributed by atoms with van der Waals surface area (Å²) in [6.45, 7) is 6.84. The lowest BCUT2D eigenvalue weighted by atomic mass is 10.1. The van der Waals surface area contributed by atoms with E-state index in [1.54, 1.807) is 12.1 Å². The summed E-state index contributed by atoms with van der Waals surface area (Å²) in [5, 5.41) is 12.9. The number of benzene rings is 1. The minimum absolute atomic E-state index is 0.00708. The minimum atomic E-state index is -0.448. The van der Waals surface area contributed by atoms with Gasteiger partial charge in [0.1, 0.15) is 5.01 Å². The van der Waals surface area contributed by atoms with Crippen LogP contribution in [0.25, 0.3) is 10.6 Å². The number of halogens is 2. The van der Waals surface area contributed by atoms with Crippen molar-refractivity contribution in [2.75, 3.05) is 0 Å². The number of aromatic nitrogens is 2. The van der Waals surface area contributed by atoms with Gasteiger partial charge in [0.15, 0.2) is 10.8 Å². The van der Waals surface area contributed by atoms with Gasteiger partial charge in [0.2, 0.25) is 0 Å². The lowest BCUT2D eigenvalue weighted by Gasteiger charge is -2.19. The fourth-order valence-corrected chi connectivity index (χ4v) is 2.42. The second-order valence-corrected chi connectivity index (χ2v) is 6.68. The van der Waals surface area contributed by atoms with E-state index in [1.165, 1.54) is 17.4 Å². The number of hydrogen-bond donors (Lipinski definition) is 1. The summed E-state index contributed by atoms with van der Waals surface area (Å²) >= 11 is 7.13. The highest BCUT2D eigenvalue weighted by Crippen LogP contribution is 2.29. The Bertz CT molecular complexity index is 578. The molecule has 0 saturated carbocycles. The summed E-state index contributed by atoms with van der Waals surface area (Å²) in [5.74, 6) is -0.448. The van der Waals surface area contributed by atoms with Crippen molar-refractivity contribution >= 4 is 22.9 Å². The monoisotopic (exact) mass is 299 g/mol. The molecule has 0 unspecified atom stereocenters. The second-order valence-electron chi connectivity index (χ2n) is 5.21. The topological polar surface area (TPSA) is 37.8 Å². The van der Waals surface area contributed by atoms with Crippen LogP contribution < -0.4 is 5.32 Å². The largest absolute Gasteiger partial charge is 0.306 e. The van der Waals surface area contributed by atoms with Crippen LogP contribution in [0.2, 0.25) is 5.02 Å². The highest BCUT2D eigenvalue weighted by molar-refractivity contribution is 7.14. The average molecular weight is 300 g/mol. The quantitative estimate of drug-likeness (QED) is 0.934. The van der Waals surface area contributed by atoms with Crippen LogP contribution in [-0.4, -0.2) is 15.7 Å². The molecule has 0 bridgehead atoms. The predicted octanol–water partition coefficient (Wildman–Crippen LogP) is 3.89. The van der Waals surface area contributed by atoms with Gasteiger partial charge in [0, 0.05) is 11.1 Å². The molecule has 0 spiro atoms. The Labute approximate surface area is 120 Å². The summed E-state index contributed by atoms with van der Waals surface area (Å²) in [6.07, 6.45) is 0. The van der Waals surface area contributed by atoms with E-state index in [1.807, 2.05) is 0 Å². The van der Waals surface area contributed by atoms with Crippen LogP contribution in [0.15, 0.2) is 18.2 Å². The molecule has 102 valence electrons. The van der Waals surface area contributed by atoms with Gasteiger partial charge >= 0.3 is 0 Å². The van der Waals surface area contributed by atoms with Crippen LogP contribution in [-0.2, 0) is 6.54 Å². The number of hydrogen-bond acceptors (Lipinski definition) is 4. The fourth-order valence-electron chi connectivity index (χ4n) is 1.44. The summed E-state index contributed by atoms with van der Waals surface area (Å²) in [7, 11) is 0. The maximum absolute atomic E-state index is 13.9. The molecule has 2 aromatic rings. The van der Waals surface area contributed by atoms with Gasteiger partial charge in [-0.2, -0.15) is 0 Å². The van der Waals surface area contributed by atoms with E-state index in [-0.39, 0.29) is 10.6 Å². The maximum Gasteiger partial charge on any atom is 0.152 e. The van der Waals surface area contributed by atoms with Gasteiger partial charge in [-0.3, -0.25) is 0 Å². The Kier molecular flexibility index (Phi) is 4.18. The van der Waals surface area contributed by atoms with E-state index in [0.29, 0.717) is 17.1 Å². The van der Waals surface area contributed by atoms with Gasteiger partial charge in [-0.15, -0.1) is 10.2 Å². The summed E-state index contributed by atoms with van der Waals surface area (Å²) < 4.78 is 13.9. The second kappa shape index (κ2) is 5.53. The van der Waals surface area contributed by atoms with Crippen molar-refractivity contribution < 1.29 is 4.39 Å². The number of rotatable bonds is 3.